The third kappa shape index (κ3) is 2.40. The predicted molar refractivity (Wildman–Crippen MR) is 62.1 cm³/mol. The van der Waals surface area contributed by atoms with Gasteiger partial charge in [-0.3, -0.25) is 0 Å². The average Bonchev–Trinajstić information content (AvgIpc) is 2.70. The van der Waals surface area contributed by atoms with E-state index in [1.54, 1.807) is 25.1 Å². The van der Waals surface area contributed by atoms with Crippen LogP contribution in [0, 0.1) is 0 Å². The Labute approximate surface area is 98.3 Å². The summed E-state index contributed by atoms with van der Waals surface area (Å²) >= 11 is 0. The number of anilines is 1. The van der Waals surface area contributed by atoms with Crippen molar-refractivity contribution in [3.63, 3.8) is 0 Å². The molecular formula is C10H12N2O4S. The summed E-state index contributed by atoms with van der Waals surface area (Å²) in [4.78, 5) is 3.88. The van der Waals surface area contributed by atoms with E-state index in [0.717, 1.165) is 0 Å². The molecule has 1 heterocycles. The zero-order chi connectivity index (χ0) is 12.5. The van der Waals surface area contributed by atoms with Gasteiger partial charge in [0, 0.05) is 12.3 Å². The molecule has 6 nitrogen and oxygen atoms in total. The first-order valence-electron chi connectivity index (χ1n) is 4.99. The van der Waals surface area contributed by atoms with Gasteiger partial charge >= 0.3 is 5.22 Å². The number of hydrogen-bond acceptors (Lipinski definition) is 6. The molecule has 1 aromatic carbocycles. The smallest absolute Gasteiger partial charge is 0.318 e. The number of oxazole rings is 1. The van der Waals surface area contributed by atoms with Gasteiger partial charge in [-0.25, -0.2) is 8.42 Å². The number of rotatable bonds is 4. The third-order valence-electron chi connectivity index (χ3n) is 2.10. The highest BCUT2D eigenvalue weighted by Gasteiger charge is 2.21. The SMILES string of the molecule is CCOCS(=O)(=O)c1nc2cc(N)ccc2o1. The lowest BCUT2D eigenvalue weighted by atomic mass is 10.3. The third-order valence-corrected chi connectivity index (χ3v) is 3.28. The van der Waals surface area contributed by atoms with Crippen molar-refractivity contribution in [2.45, 2.75) is 12.1 Å². The van der Waals surface area contributed by atoms with E-state index < -0.39 is 15.8 Å². The molecule has 0 atom stereocenters. The molecule has 2 N–H and O–H groups in total. The topological polar surface area (TPSA) is 95.4 Å². The number of aromatic nitrogens is 1. The van der Waals surface area contributed by atoms with E-state index in [2.05, 4.69) is 4.98 Å². The summed E-state index contributed by atoms with van der Waals surface area (Å²) in [6.07, 6.45) is 0. The Morgan fingerprint density at radius 1 is 1.47 bits per heavy atom. The molecule has 0 aliphatic rings. The highest BCUT2D eigenvalue weighted by molar-refractivity contribution is 7.91. The Kier molecular flexibility index (Phi) is 3.03. The highest BCUT2D eigenvalue weighted by atomic mass is 32.2. The van der Waals surface area contributed by atoms with Gasteiger partial charge in [-0.2, -0.15) is 4.98 Å². The maximum absolute atomic E-state index is 11.7. The van der Waals surface area contributed by atoms with Crippen LogP contribution in [0.25, 0.3) is 11.1 Å². The van der Waals surface area contributed by atoms with Gasteiger partial charge in [0.2, 0.25) is 0 Å². The zero-order valence-electron chi connectivity index (χ0n) is 9.21. The summed E-state index contributed by atoms with van der Waals surface area (Å²) < 4.78 is 33.5. The van der Waals surface area contributed by atoms with Crippen LogP contribution in [-0.2, 0) is 14.6 Å². The van der Waals surface area contributed by atoms with Gasteiger partial charge in [-0.1, -0.05) is 0 Å². The van der Waals surface area contributed by atoms with Gasteiger partial charge in [0.25, 0.3) is 9.84 Å². The first kappa shape index (κ1) is 11.9. The zero-order valence-corrected chi connectivity index (χ0v) is 10.0. The van der Waals surface area contributed by atoms with Crippen molar-refractivity contribution in [2.75, 3.05) is 18.3 Å². The van der Waals surface area contributed by atoms with Crippen LogP contribution in [0.2, 0.25) is 0 Å². The normalized spacial score (nSPS) is 12.1. The minimum atomic E-state index is -3.64. The summed E-state index contributed by atoms with van der Waals surface area (Å²) in [7, 11) is -3.64. The van der Waals surface area contributed by atoms with Crippen molar-refractivity contribution >= 4 is 26.6 Å². The molecule has 0 spiro atoms. The summed E-state index contributed by atoms with van der Waals surface area (Å²) in [5.41, 5.74) is 6.87. The molecule has 92 valence electrons. The molecule has 2 rings (SSSR count). The fourth-order valence-electron chi connectivity index (χ4n) is 1.30. The molecule has 0 saturated heterocycles. The molecule has 2 aromatic rings. The predicted octanol–water partition coefficient (Wildman–Crippen LogP) is 1.18. The lowest BCUT2D eigenvalue weighted by Crippen LogP contribution is -2.10. The number of fused-ring (bicyclic) bond motifs is 1. The van der Waals surface area contributed by atoms with Gasteiger partial charge in [0.05, 0.1) is 0 Å². The van der Waals surface area contributed by atoms with Gasteiger partial charge in [0.1, 0.15) is 5.52 Å². The second kappa shape index (κ2) is 4.34. The van der Waals surface area contributed by atoms with Crippen molar-refractivity contribution in [3.05, 3.63) is 18.2 Å². The van der Waals surface area contributed by atoms with E-state index in [9.17, 15) is 8.42 Å². The summed E-state index contributed by atoms with van der Waals surface area (Å²) in [5, 5.41) is -0.341. The summed E-state index contributed by atoms with van der Waals surface area (Å²) in [6.45, 7) is 2.02. The fourth-order valence-corrected chi connectivity index (χ4v) is 2.24. The van der Waals surface area contributed by atoms with Crippen LogP contribution in [-0.4, -0.2) is 25.9 Å². The van der Waals surface area contributed by atoms with E-state index in [4.69, 9.17) is 14.9 Å². The fraction of sp³-hybridized carbons (Fsp3) is 0.300. The van der Waals surface area contributed by atoms with Gasteiger partial charge < -0.3 is 14.9 Å². The number of benzene rings is 1. The van der Waals surface area contributed by atoms with Crippen LogP contribution in [0.1, 0.15) is 6.92 Å². The first-order valence-corrected chi connectivity index (χ1v) is 6.65. The van der Waals surface area contributed by atoms with Crippen molar-refractivity contribution < 1.29 is 17.6 Å². The highest BCUT2D eigenvalue weighted by Crippen LogP contribution is 2.21. The van der Waals surface area contributed by atoms with Crippen molar-refractivity contribution in [1.29, 1.82) is 0 Å². The minimum absolute atomic E-state index is 0.312. The number of ether oxygens (including phenoxy) is 1. The molecule has 0 unspecified atom stereocenters. The second-order valence-electron chi connectivity index (χ2n) is 3.43. The molecule has 0 fully saturated rings. The minimum Gasteiger partial charge on any atom is -0.428 e. The molecule has 0 radical (unpaired) electrons. The maximum Gasteiger partial charge on any atom is 0.318 e. The lowest BCUT2D eigenvalue weighted by molar-refractivity contribution is 0.190. The Morgan fingerprint density at radius 2 is 2.24 bits per heavy atom. The van der Waals surface area contributed by atoms with Gasteiger partial charge in [-0.15, -0.1) is 0 Å². The van der Waals surface area contributed by atoms with E-state index in [0.29, 0.717) is 23.4 Å². The van der Waals surface area contributed by atoms with Crippen LogP contribution in [0.4, 0.5) is 5.69 Å². The molecule has 0 aliphatic carbocycles. The van der Waals surface area contributed by atoms with E-state index in [1.165, 1.54) is 0 Å². The van der Waals surface area contributed by atoms with Crippen LogP contribution >= 0.6 is 0 Å². The Morgan fingerprint density at radius 3 is 2.94 bits per heavy atom. The lowest BCUT2D eigenvalue weighted by Gasteiger charge is -1.98. The van der Waals surface area contributed by atoms with Crippen LogP contribution in [0.5, 0.6) is 0 Å². The molecular weight excluding hydrogens is 244 g/mol. The summed E-state index contributed by atoms with van der Waals surface area (Å²) in [5.74, 6) is -0.439. The van der Waals surface area contributed by atoms with Gasteiger partial charge in [-0.05, 0) is 25.1 Å². The average molecular weight is 256 g/mol. The van der Waals surface area contributed by atoms with Crippen LogP contribution < -0.4 is 5.73 Å². The summed E-state index contributed by atoms with van der Waals surface area (Å²) in [6, 6.07) is 4.75. The molecule has 0 bridgehead atoms. The maximum atomic E-state index is 11.7. The largest absolute Gasteiger partial charge is 0.428 e. The Hall–Kier alpha value is -1.60. The first-order chi connectivity index (χ1) is 8.03. The number of nitrogen functional groups attached to an aromatic ring is 1. The molecule has 0 saturated carbocycles. The quantitative estimate of drug-likeness (QED) is 0.825. The molecule has 1 aromatic heterocycles. The van der Waals surface area contributed by atoms with E-state index in [1.807, 2.05) is 0 Å². The Bertz CT molecular complexity index is 633. The van der Waals surface area contributed by atoms with E-state index >= 15 is 0 Å². The van der Waals surface area contributed by atoms with Crippen molar-refractivity contribution in [3.8, 4) is 0 Å². The van der Waals surface area contributed by atoms with Crippen molar-refractivity contribution in [2.24, 2.45) is 0 Å². The molecule has 7 heteroatoms. The van der Waals surface area contributed by atoms with Crippen LogP contribution in [0.15, 0.2) is 27.8 Å². The number of sulfone groups is 1. The van der Waals surface area contributed by atoms with E-state index in [-0.39, 0.29) is 5.22 Å². The van der Waals surface area contributed by atoms with Crippen LogP contribution in [0.3, 0.4) is 0 Å². The Balaban J connectivity index is 2.43. The number of nitrogens with two attached hydrogens (primary N) is 1. The van der Waals surface area contributed by atoms with Gasteiger partial charge in [0.15, 0.2) is 11.5 Å². The molecule has 0 aliphatic heterocycles. The van der Waals surface area contributed by atoms with Crippen molar-refractivity contribution in [1.82, 2.24) is 4.98 Å². The molecule has 17 heavy (non-hydrogen) atoms. The monoisotopic (exact) mass is 256 g/mol. The molecule has 0 amide bonds. The standard InChI is InChI=1S/C10H12N2O4S/c1-2-15-6-17(13,14)10-12-8-5-7(11)3-4-9(8)16-10/h3-5H,2,6,11H2,1H3. The number of hydrogen-bond donors (Lipinski definition) is 1. The second-order valence-corrected chi connectivity index (χ2v) is 5.25. The number of nitrogens with zero attached hydrogens (tertiary/aromatic N) is 1.